The molecule has 2 nitrogen and oxygen atoms in total. The summed E-state index contributed by atoms with van der Waals surface area (Å²) in [4.78, 5) is 14.4. The lowest BCUT2D eigenvalue weighted by Crippen LogP contribution is -2.43. The zero-order valence-electron chi connectivity index (χ0n) is 10.7. The van der Waals surface area contributed by atoms with Gasteiger partial charge in [0, 0.05) is 23.1 Å². The number of amides is 1. The molecule has 1 aliphatic rings. The van der Waals surface area contributed by atoms with Crippen molar-refractivity contribution in [1.82, 2.24) is 4.90 Å². The monoisotopic (exact) mass is 329 g/mol. The zero-order valence-corrected chi connectivity index (χ0v) is 13.0. The number of likely N-dealkylation sites (tertiary alicyclic amines) is 1. The van der Waals surface area contributed by atoms with Gasteiger partial charge in [-0.2, -0.15) is 0 Å². The molecule has 0 aliphatic carbocycles. The highest BCUT2D eigenvalue weighted by molar-refractivity contribution is 9.10. The van der Waals surface area contributed by atoms with Gasteiger partial charge in [0.1, 0.15) is 0 Å². The van der Waals surface area contributed by atoms with E-state index in [1.54, 1.807) is 18.2 Å². The van der Waals surface area contributed by atoms with Crippen LogP contribution in [-0.2, 0) is 0 Å². The molecule has 1 aromatic rings. The Hall–Kier alpha value is -0.540. The molecule has 1 amide bonds. The van der Waals surface area contributed by atoms with E-state index in [0.717, 1.165) is 24.0 Å². The summed E-state index contributed by atoms with van der Waals surface area (Å²) >= 11 is 9.30. The lowest BCUT2D eigenvalue weighted by Gasteiger charge is -2.38. The van der Waals surface area contributed by atoms with Crippen LogP contribution in [0.15, 0.2) is 22.7 Å². The van der Waals surface area contributed by atoms with Crippen LogP contribution in [0, 0.1) is 5.41 Å². The molecule has 0 spiro atoms. The molecule has 1 aromatic carbocycles. The molecule has 2 rings (SSSR count). The van der Waals surface area contributed by atoms with Crippen LogP contribution in [-0.4, -0.2) is 23.9 Å². The van der Waals surface area contributed by atoms with Gasteiger partial charge in [-0.15, -0.1) is 0 Å². The van der Waals surface area contributed by atoms with Gasteiger partial charge in [0.05, 0.1) is 5.02 Å². The van der Waals surface area contributed by atoms with Crippen LogP contribution in [0.5, 0.6) is 0 Å². The quantitative estimate of drug-likeness (QED) is 0.749. The summed E-state index contributed by atoms with van der Waals surface area (Å²) in [6.07, 6.45) is 2.26. The van der Waals surface area contributed by atoms with Crippen LogP contribution in [0.2, 0.25) is 5.02 Å². The highest BCUT2D eigenvalue weighted by Gasteiger charge is 2.29. The van der Waals surface area contributed by atoms with E-state index in [2.05, 4.69) is 29.8 Å². The van der Waals surface area contributed by atoms with Gasteiger partial charge in [0.25, 0.3) is 5.91 Å². The Balaban J connectivity index is 2.18. The van der Waals surface area contributed by atoms with Crippen LogP contribution in [0.25, 0.3) is 0 Å². The number of rotatable bonds is 1. The predicted octanol–water partition coefficient (Wildman–Crippen LogP) is 4.36. The lowest BCUT2D eigenvalue weighted by atomic mass is 9.84. The third-order valence-corrected chi connectivity index (χ3v) is 4.57. The van der Waals surface area contributed by atoms with E-state index in [0.29, 0.717) is 10.6 Å². The first-order valence-electron chi connectivity index (χ1n) is 6.13. The average molecular weight is 331 g/mol. The maximum atomic E-state index is 12.4. The zero-order chi connectivity index (χ0) is 13.3. The topological polar surface area (TPSA) is 20.3 Å². The van der Waals surface area contributed by atoms with Gasteiger partial charge in [-0.3, -0.25) is 4.79 Å². The molecule has 0 radical (unpaired) electrons. The average Bonchev–Trinajstić information content (AvgIpc) is 2.30. The summed E-state index contributed by atoms with van der Waals surface area (Å²) in [5, 5.41) is 0.630. The van der Waals surface area contributed by atoms with Crippen molar-refractivity contribution in [1.29, 1.82) is 0 Å². The van der Waals surface area contributed by atoms with Gasteiger partial charge in [-0.1, -0.05) is 25.4 Å². The summed E-state index contributed by atoms with van der Waals surface area (Å²) in [6.45, 7) is 6.10. The normalized spacial score (nSPS) is 18.8. The van der Waals surface area contributed by atoms with Gasteiger partial charge >= 0.3 is 0 Å². The fraction of sp³-hybridized carbons (Fsp3) is 0.500. The molecule has 98 valence electrons. The molecule has 1 aliphatic heterocycles. The number of hydrogen-bond acceptors (Lipinski definition) is 1. The van der Waals surface area contributed by atoms with Crippen molar-refractivity contribution in [2.24, 2.45) is 5.41 Å². The minimum Gasteiger partial charge on any atom is -0.338 e. The third kappa shape index (κ3) is 3.07. The highest BCUT2D eigenvalue weighted by Crippen LogP contribution is 2.30. The van der Waals surface area contributed by atoms with E-state index in [1.165, 1.54) is 6.42 Å². The van der Waals surface area contributed by atoms with E-state index >= 15 is 0 Å². The van der Waals surface area contributed by atoms with Gasteiger partial charge < -0.3 is 4.90 Å². The largest absolute Gasteiger partial charge is 0.338 e. The molecule has 18 heavy (non-hydrogen) atoms. The first-order chi connectivity index (χ1) is 8.39. The van der Waals surface area contributed by atoms with Crippen LogP contribution in [0.4, 0.5) is 0 Å². The third-order valence-electron chi connectivity index (χ3n) is 3.35. The van der Waals surface area contributed by atoms with E-state index in [4.69, 9.17) is 11.6 Å². The fourth-order valence-corrected chi connectivity index (χ4v) is 2.90. The molecule has 1 heterocycles. The molecular weight excluding hydrogens is 314 g/mol. The van der Waals surface area contributed by atoms with Crippen molar-refractivity contribution < 1.29 is 4.79 Å². The summed E-state index contributed by atoms with van der Waals surface area (Å²) in [5.41, 5.74) is 0.918. The van der Waals surface area contributed by atoms with Crippen LogP contribution in [0.1, 0.15) is 37.0 Å². The Morgan fingerprint density at radius 2 is 2.17 bits per heavy atom. The molecule has 0 N–H and O–H groups in total. The summed E-state index contributed by atoms with van der Waals surface area (Å²) < 4.78 is 0.770. The SMILES string of the molecule is CC1(C)CCCN(C(=O)c2ccc(Cl)c(Br)c2)C1. The van der Waals surface area contributed by atoms with Crippen molar-refractivity contribution >= 4 is 33.4 Å². The molecule has 0 atom stereocenters. The minimum absolute atomic E-state index is 0.0974. The molecule has 0 unspecified atom stereocenters. The molecule has 1 fully saturated rings. The first kappa shape index (κ1) is 13.9. The van der Waals surface area contributed by atoms with Gasteiger partial charge in [-0.25, -0.2) is 0 Å². The number of hydrogen-bond donors (Lipinski definition) is 0. The number of carbonyl (C=O) groups excluding carboxylic acids is 1. The molecular formula is C14H17BrClNO. The maximum Gasteiger partial charge on any atom is 0.253 e. The fourth-order valence-electron chi connectivity index (χ4n) is 2.41. The summed E-state index contributed by atoms with van der Waals surface area (Å²) in [5.74, 6) is 0.0974. The van der Waals surface area contributed by atoms with Crippen molar-refractivity contribution in [2.45, 2.75) is 26.7 Å². The highest BCUT2D eigenvalue weighted by atomic mass is 79.9. The minimum atomic E-state index is 0.0974. The van der Waals surface area contributed by atoms with Crippen molar-refractivity contribution in [3.8, 4) is 0 Å². The molecule has 0 bridgehead atoms. The van der Waals surface area contributed by atoms with Crippen LogP contribution < -0.4 is 0 Å². The smallest absolute Gasteiger partial charge is 0.253 e. The molecule has 0 aromatic heterocycles. The van der Waals surface area contributed by atoms with Crippen LogP contribution >= 0.6 is 27.5 Å². The Kier molecular flexibility index (Phi) is 4.02. The van der Waals surface area contributed by atoms with Gasteiger partial charge in [0.15, 0.2) is 0 Å². The summed E-state index contributed by atoms with van der Waals surface area (Å²) in [6, 6.07) is 5.34. The number of halogens is 2. The first-order valence-corrected chi connectivity index (χ1v) is 7.30. The number of nitrogens with zero attached hydrogens (tertiary/aromatic N) is 1. The van der Waals surface area contributed by atoms with Gasteiger partial charge in [0.2, 0.25) is 0 Å². The number of benzene rings is 1. The Morgan fingerprint density at radius 3 is 2.78 bits per heavy atom. The molecule has 1 saturated heterocycles. The standard InChI is InChI=1S/C14H17BrClNO/c1-14(2)6-3-7-17(9-14)13(18)10-4-5-12(16)11(15)8-10/h4-5,8H,3,6-7,9H2,1-2H3. The second kappa shape index (κ2) is 5.22. The van der Waals surface area contributed by atoms with E-state index in [1.807, 2.05) is 4.90 Å². The number of piperidine rings is 1. The predicted molar refractivity (Wildman–Crippen MR) is 78.1 cm³/mol. The molecule has 0 saturated carbocycles. The Labute approximate surface area is 121 Å². The van der Waals surface area contributed by atoms with Crippen LogP contribution in [0.3, 0.4) is 0 Å². The Morgan fingerprint density at radius 1 is 1.44 bits per heavy atom. The molecule has 4 heteroatoms. The van der Waals surface area contributed by atoms with Crippen molar-refractivity contribution in [3.63, 3.8) is 0 Å². The second-order valence-corrected chi connectivity index (χ2v) is 6.88. The number of carbonyl (C=O) groups is 1. The Bertz CT molecular complexity index is 473. The van der Waals surface area contributed by atoms with Crippen molar-refractivity contribution in [2.75, 3.05) is 13.1 Å². The summed E-state index contributed by atoms with van der Waals surface area (Å²) in [7, 11) is 0. The van der Waals surface area contributed by atoms with E-state index in [-0.39, 0.29) is 11.3 Å². The van der Waals surface area contributed by atoms with Gasteiger partial charge in [-0.05, 0) is 52.4 Å². The van der Waals surface area contributed by atoms with Crippen molar-refractivity contribution in [3.05, 3.63) is 33.3 Å². The lowest BCUT2D eigenvalue weighted by molar-refractivity contribution is 0.0583. The second-order valence-electron chi connectivity index (χ2n) is 5.62. The maximum absolute atomic E-state index is 12.4. The van der Waals surface area contributed by atoms with E-state index in [9.17, 15) is 4.79 Å². The van der Waals surface area contributed by atoms with E-state index < -0.39 is 0 Å².